The Morgan fingerprint density at radius 2 is 1.70 bits per heavy atom. The Labute approximate surface area is 177 Å². The highest BCUT2D eigenvalue weighted by Gasteiger charge is 2.11. The predicted molar refractivity (Wildman–Crippen MR) is 121 cm³/mol. The zero-order chi connectivity index (χ0) is 21.1. The second-order valence-corrected chi connectivity index (χ2v) is 7.91. The normalized spacial score (nSPS) is 11.9. The van der Waals surface area contributed by atoms with Gasteiger partial charge in [-0.15, -0.1) is 0 Å². The summed E-state index contributed by atoms with van der Waals surface area (Å²) in [6.07, 6.45) is 2.16. The van der Waals surface area contributed by atoms with Crippen LogP contribution in [0.2, 0.25) is 0 Å². The fraction of sp³-hybridized carbons (Fsp3) is 0.217. The van der Waals surface area contributed by atoms with Crippen molar-refractivity contribution in [2.24, 2.45) is 0 Å². The van der Waals surface area contributed by atoms with E-state index in [2.05, 4.69) is 28.8 Å². The molecular formula is C23H22N4O2S. The summed E-state index contributed by atoms with van der Waals surface area (Å²) in [4.78, 5) is 31.9. The van der Waals surface area contributed by atoms with Crippen LogP contribution in [0.3, 0.4) is 0 Å². The molecule has 4 rings (SSSR count). The average molecular weight is 419 g/mol. The Bertz CT molecular complexity index is 1320. The second-order valence-electron chi connectivity index (χ2n) is 6.90. The second kappa shape index (κ2) is 8.59. The number of rotatable bonds is 6. The molecule has 0 saturated heterocycles. The van der Waals surface area contributed by atoms with E-state index in [9.17, 15) is 9.59 Å². The summed E-state index contributed by atoms with van der Waals surface area (Å²) in [6.45, 7) is 6.13. The van der Waals surface area contributed by atoms with Gasteiger partial charge in [-0.1, -0.05) is 53.8 Å². The minimum Gasteiger partial charge on any atom is -0.372 e. The zero-order valence-corrected chi connectivity index (χ0v) is 17.7. The molecule has 0 fully saturated rings. The van der Waals surface area contributed by atoms with E-state index in [1.807, 2.05) is 60.7 Å². The highest BCUT2D eigenvalue weighted by Crippen LogP contribution is 2.15. The third-order valence-electron chi connectivity index (χ3n) is 4.98. The number of thiazole rings is 1. The number of hydrogen-bond donors (Lipinski definition) is 0. The van der Waals surface area contributed by atoms with Crippen LogP contribution < -0.4 is 20.6 Å². The summed E-state index contributed by atoms with van der Waals surface area (Å²) >= 11 is 1.18. The number of aromatic nitrogens is 3. The van der Waals surface area contributed by atoms with Gasteiger partial charge in [-0.25, -0.2) is 0 Å². The molecule has 0 aliphatic rings. The van der Waals surface area contributed by atoms with Crippen LogP contribution in [0.4, 0.5) is 5.69 Å². The monoisotopic (exact) mass is 418 g/mol. The van der Waals surface area contributed by atoms with E-state index in [1.54, 1.807) is 0 Å². The number of nitrogens with zero attached hydrogens (tertiary/aromatic N) is 4. The molecule has 6 nitrogen and oxygen atoms in total. The molecule has 0 bridgehead atoms. The molecule has 0 aliphatic heterocycles. The lowest BCUT2D eigenvalue weighted by atomic mass is 10.1. The van der Waals surface area contributed by atoms with Gasteiger partial charge in [0.05, 0.1) is 4.53 Å². The summed E-state index contributed by atoms with van der Waals surface area (Å²) < 4.78 is 1.74. The smallest absolute Gasteiger partial charge is 0.296 e. The minimum absolute atomic E-state index is 0.260. The maximum atomic E-state index is 12.8. The van der Waals surface area contributed by atoms with Crippen molar-refractivity contribution in [2.45, 2.75) is 20.3 Å². The molecule has 7 heteroatoms. The zero-order valence-electron chi connectivity index (χ0n) is 16.9. The Kier molecular flexibility index (Phi) is 5.72. The van der Waals surface area contributed by atoms with E-state index in [0.29, 0.717) is 15.9 Å². The molecule has 0 saturated carbocycles. The van der Waals surface area contributed by atoms with Crippen LogP contribution >= 0.6 is 11.3 Å². The van der Waals surface area contributed by atoms with Gasteiger partial charge in [-0.05, 0) is 43.2 Å². The molecule has 0 spiro atoms. The van der Waals surface area contributed by atoms with Crippen molar-refractivity contribution in [3.05, 3.63) is 96.7 Å². The van der Waals surface area contributed by atoms with Gasteiger partial charge in [0.2, 0.25) is 4.96 Å². The number of hydrogen-bond acceptors (Lipinski definition) is 6. The molecule has 0 unspecified atom stereocenters. The van der Waals surface area contributed by atoms with E-state index < -0.39 is 5.56 Å². The van der Waals surface area contributed by atoms with E-state index in [-0.39, 0.29) is 11.3 Å². The van der Waals surface area contributed by atoms with Crippen LogP contribution in [0.5, 0.6) is 0 Å². The van der Waals surface area contributed by atoms with Gasteiger partial charge < -0.3 is 4.90 Å². The van der Waals surface area contributed by atoms with Crippen LogP contribution in [-0.4, -0.2) is 27.7 Å². The van der Waals surface area contributed by atoms with Gasteiger partial charge in [0.15, 0.2) is 0 Å². The maximum Gasteiger partial charge on any atom is 0.296 e. The summed E-state index contributed by atoms with van der Waals surface area (Å²) in [5.74, 6) is 0. The molecule has 2 heterocycles. The lowest BCUT2D eigenvalue weighted by Crippen LogP contribution is -2.28. The van der Waals surface area contributed by atoms with Gasteiger partial charge in [0, 0.05) is 25.2 Å². The van der Waals surface area contributed by atoms with Crippen molar-refractivity contribution in [2.75, 3.05) is 18.0 Å². The summed E-state index contributed by atoms with van der Waals surface area (Å²) in [6, 6.07) is 17.6. The van der Waals surface area contributed by atoms with Gasteiger partial charge in [-0.3, -0.25) is 9.59 Å². The minimum atomic E-state index is -0.393. The third-order valence-corrected chi connectivity index (χ3v) is 5.94. The first-order chi connectivity index (χ1) is 14.6. The van der Waals surface area contributed by atoms with Crippen LogP contribution in [0.25, 0.3) is 11.0 Å². The molecule has 0 aliphatic carbocycles. The SMILES string of the molecule is CCN(CC)c1ccc(C=c2sc3nc(=O)c(Cc4ccccc4)nn3c2=O)cc1. The van der Waals surface area contributed by atoms with Crippen LogP contribution in [0.1, 0.15) is 30.7 Å². The quantitative estimate of drug-likeness (QED) is 0.481. The van der Waals surface area contributed by atoms with Crippen molar-refractivity contribution < 1.29 is 0 Å². The number of fused-ring (bicyclic) bond motifs is 1. The van der Waals surface area contributed by atoms with Crippen molar-refractivity contribution >= 4 is 28.1 Å². The van der Waals surface area contributed by atoms with Crippen molar-refractivity contribution in [1.29, 1.82) is 0 Å². The molecule has 152 valence electrons. The van der Waals surface area contributed by atoms with E-state index in [0.717, 1.165) is 29.9 Å². The largest absolute Gasteiger partial charge is 0.372 e. The highest BCUT2D eigenvalue weighted by atomic mass is 32.1. The average Bonchev–Trinajstić information content (AvgIpc) is 3.05. The third kappa shape index (κ3) is 4.02. The number of anilines is 1. The molecule has 30 heavy (non-hydrogen) atoms. The lowest BCUT2D eigenvalue weighted by Gasteiger charge is -2.20. The molecular weight excluding hydrogens is 396 g/mol. The lowest BCUT2D eigenvalue weighted by molar-refractivity contribution is 0.811. The fourth-order valence-electron chi connectivity index (χ4n) is 3.36. The molecule has 0 atom stereocenters. The van der Waals surface area contributed by atoms with Crippen molar-refractivity contribution in [3.8, 4) is 0 Å². The molecule has 4 aromatic rings. The van der Waals surface area contributed by atoms with Crippen molar-refractivity contribution in [3.63, 3.8) is 0 Å². The number of benzene rings is 2. The van der Waals surface area contributed by atoms with E-state index in [4.69, 9.17) is 0 Å². The van der Waals surface area contributed by atoms with Gasteiger partial charge in [0.25, 0.3) is 11.1 Å². The first kappa shape index (κ1) is 20.0. The Morgan fingerprint density at radius 3 is 2.37 bits per heavy atom. The van der Waals surface area contributed by atoms with Gasteiger partial charge >= 0.3 is 0 Å². The first-order valence-electron chi connectivity index (χ1n) is 9.92. The van der Waals surface area contributed by atoms with E-state index in [1.165, 1.54) is 15.9 Å². The Hall–Kier alpha value is -3.32. The standard InChI is InChI=1S/C23H22N4O2S/c1-3-26(4-2)18-12-10-17(11-13-18)15-20-22(29)27-23(30-20)24-21(28)19(25-27)14-16-8-6-5-7-9-16/h5-13,15H,3-4,14H2,1-2H3. The molecule has 0 N–H and O–H groups in total. The van der Waals surface area contributed by atoms with Gasteiger partial charge in [0.1, 0.15) is 5.69 Å². The van der Waals surface area contributed by atoms with Crippen LogP contribution in [0.15, 0.2) is 64.2 Å². The first-order valence-corrected chi connectivity index (χ1v) is 10.7. The molecule has 0 radical (unpaired) electrons. The molecule has 0 amide bonds. The highest BCUT2D eigenvalue weighted by molar-refractivity contribution is 7.15. The summed E-state index contributed by atoms with van der Waals surface area (Å²) in [5, 5.41) is 4.30. The summed E-state index contributed by atoms with van der Waals surface area (Å²) in [5.41, 5.74) is 2.63. The Morgan fingerprint density at radius 1 is 1.00 bits per heavy atom. The molecule has 2 aromatic heterocycles. The topological polar surface area (TPSA) is 67.6 Å². The summed E-state index contributed by atoms with van der Waals surface area (Å²) in [7, 11) is 0. The van der Waals surface area contributed by atoms with Crippen LogP contribution in [0, 0.1) is 0 Å². The Balaban J connectivity index is 1.71. The fourth-order valence-corrected chi connectivity index (χ4v) is 4.27. The predicted octanol–water partition coefficient (Wildman–Crippen LogP) is 2.50. The van der Waals surface area contributed by atoms with Crippen LogP contribution in [-0.2, 0) is 6.42 Å². The van der Waals surface area contributed by atoms with Gasteiger partial charge in [-0.2, -0.15) is 14.6 Å². The van der Waals surface area contributed by atoms with E-state index >= 15 is 0 Å². The molecule has 2 aromatic carbocycles. The van der Waals surface area contributed by atoms with Crippen molar-refractivity contribution in [1.82, 2.24) is 14.6 Å². The maximum absolute atomic E-state index is 12.8.